The summed E-state index contributed by atoms with van der Waals surface area (Å²) in [5.74, 6) is -2.63. The van der Waals surface area contributed by atoms with E-state index in [0.29, 0.717) is 18.2 Å². The van der Waals surface area contributed by atoms with Crippen molar-refractivity contribution in [1.29, 1.82) is 0 Å². The molecule has 0 radical (unpaired) electrons. The van der Waals surface area contributed by atoms with E-state index in [0.717, 1.165) is 0 Å². The van der Waals surface area contributed by atoms with Crippen molar-refractivity contribution in [2.75, 3.05) is 0 Å². The lowest BCUT2D eigenvalue weighted by molar-refractivity contribution is 0.384. The quantitative estimate of drug-likeness (QED) is 0.743. The molecule has 0 spiro atoms. The molecule has 0 heterocycles. The molecule has 1 aromatic rings. The maximum absolute atomic E-state index is 12.4. The van der Waals surface area contributed by atoms with Crippen LogP contribution in [0.5, 0.6) is 5.75 Å². The Hall–Kier alpha value is -1.21. The van der Waals surface area contributed by atoms with Crippen LogP contribution in [0.1, 0.15) is 0 Å². The second-order valence-corrected chi connectivity index (χ2v) is 3.14. The SMILES string of the molecule is O=S(=O)(O)Oc1cc(F)cc(F)c1. The molecule has 0 amide bonds. The number of rotatable bonds is 2. The van der Waals surface area contributed by atoms with E-state index in [1.54, 1.807) is 0 Å². The Bertz CT molecular complexity index is 394. The van der Waals surface area contributed by atoms with Gasteiger partial charge in [-0.15, -0.1) is 0 Å². The molecule has 0 aliphatic rings. The summed E-state index contributed by atoms with van der Waals surface area (Å²) in [6.07, 6.45) is 0. The highest BCUT2D eigenvalue weighted by atomic mass is 32.3. The second kappa shape index (κ2) is 3.27. The van der Waals surface area contributed by atoms with Gasteiger partial charge in [0.25, 0.3) is 0 Å². The van der Waals surface area contributed by atoms with Gasteiger partial charge in [0.1, 0.15) is 11.6 Å². The van der Waals surface area contributed by atoms with E-state index in [1.807, 2.05) is 0 Å². The van der Waals surface area contributed by atoms with Crippen LogP contribution < -0.4 is 4.18 Å². The van der Waals surface area contributed by atoms with Crippen molar-refractivity contribution in [1.82, 2.24) is 0 Å². The van der Waals surface area contributed by atoms with Gasteiger partial charge in [-0.2, -0.15) is 8.42 Å². The zero-order valence-corrected chi connectivity index (χ0v) is 6.88. The molecule has 1 aromatic carbocycles. The van der Waals surface area contributed by atoms with E-state index >= 15 is 0 Å². The molecule has 4 nitrogen and oxygen atoms in total. The Morgan fingerprint density at radius 3 is 2.00 bits per heavy atom. The largest absolute Gasteiger partial charge is 0.446 e. The number of halogens is 2. The highest BCUT2D eigenvalue weighted by Gasteiger charge is 2.09. The maximum atomic E-state index is 12.4. The smallest absolute Gasteiger partial charge is 0.362 e. The third-order valence-corrected chi connectivity index (χ3v) is 1.44. The summed E-state index contributed by atoms with van der Waals surface area (Å²) >= 11 is 0. The molecular formula is C6H4F2O4S. The van der Waals surface area contributed by atoms with Gasteiger partial charge in [-0.05, 0) is 0 Å². The third kappa shape index (κ3) is 3.34. The van der Waals surface area contributed by atoms with E-state index in [9.17, 15) is 17.2 Å². The van der Waals surface area contributed by atoms with Crippen LogP contribution in [0.4, 0.5) is 8.78 Å². The zero-order valence-electron chi connectivity index (χ0n) is 6.07. The van der Waals surface area contributed by atoms with Crippen LogP contribution in [0, 0.1) is 11.6 Å². The van der Waals surface area contributed by atoms with Crippen molar-refractivity contribution < 1.29 is 25.9 Å². The second-order valence-electron chi connectivity index (χ2n) is 2.12. The fraction of sp³-hybridized carbons (Fsp3) is 0. The van der Waals surface area contributed by atoms with Gasteiger partial charge in [0.05, 0.1) is 0 Å². The topological polar surface area (TPSA) is 63.6 Å². The Morgan fingerprint density at radius 1 is 1.15 bits per heavy atom. The predicted molar refractivity (Wildman–Crippen MR) is 38.5 cm³/mol. The molecule has 13 heavy (non-hydrogen) atoms. The standard InChI is InChI=1S/C6H4F2O4S/c7-4-1-5(8)3-6(2-4)12-13(9,10)11/h1-3H,(H,9,10,11). The third-order valence-electron chi connectivity index (χ3n) is 1.04. The minimum atomic E-state index is -4.74. The molecule has 72 valence electrons. The Morgan fingerprint density at radius 2 is 1.62 bits per heavy atom. The van der Waals surface area contributed by atoms with E-state index in [1.165, 1.54) is 0 Å². The molecular weight excluding hydrogens is 206 g/mol. The Labute approximate surface area is 72.7 Å². The van der Waals surface area contributed by atoms with E-state index < -0.39 is 27.8 Å². The van der Waals surface area contributed by atoms with Crippen LogP contribution in [-0.2, 0) is 10.4 Å². The fourth-order valence-corrected chi connectivity index (χ4v) is 1.04. The lowest BCUT2D eigenvalue weighted by atomic mass is 10.3. The molecule has 0 atom stereocenters. The number of hydrogen-bond acceptors (Lipinski definition) is 3. The van der Waals surface area contributed by atoms with Crippen LogP contribution in [-0.4, -0.2) is 13.0 Å². The summed E-state index contributed by atoms with van der Waals surface area (Å²) in [6.45, 7) is 0. The first-order valence-electron chi connectivity index (χ1n) is 3.00. The van der Waals surface area contributed by atoms with Crippen molar-refractivity contribution in [3.63, 3.8) is 0 Å². The molecule has 0 aromatic heterocycles. The monoisotopic (exact) mass is 210 g/mol. The van der Waals surface area contributed by atoms with E-state index in [-0.39, 0.29) is 0 Å². The van der Waals surface area contributed by atoms with Gasteiger partial charge in [0.2, 0.25) is 0 Å². The van der Waals surface area contributed by atoms with Crippen LogP contribution in [0.25, 0.3) is 0 Å². The minimum absolute atomic E-state index is 0.539. The lowest BCUT2D eigenvalue weighted by Crippen LogP contribution is -2.06. The number of benzene rings is 1. The molecule has 0 aliphatic carbocycles. The molecule has 1 rings (SSSR count). The van der Waals surface area contributed by atoms with E-state index in [2.05, 4.69) is 4.18 Å². The summed E-state index contributed by atoms with van der Waals surface area (Å²) < 4.78 is 57.0. The summed E-state index contributed by atoms with van der Waals surface area (Å²) in [7, 11) is -4.74. The molecule has 0 saturated heterocycles. The van der Waals surface area contributed by atoms with Crippen molar-refractivity contribution in [2.24, 2.45) is 0 Å². The van der Waals surface area contributed by atoms with Gasteiger partial charge >= 0.3 is 10.4 Å². The lowest BCUT2D eigenvalue weighted by Gasteiger charge is -2.00. The van der Waals surface area contributed by atoms with Gasteiger partial charge < -0.3 is 4.18 Å². The van der Waals surface area contributed by atoms with Crippen molar-refractivity contribution in [3.05, 3.63) is 29.8 Å². The number of hydrogen-bond donors (Lipinski definition) is 1. The molecule has 0 saturated carbocycles. The van der Waals surface area contributed by atoms with Crippen LogP contribution in [0.2, 0.25) is 0 Å². The summed E-state index contributed by atoms with van der Waals surface area (Å²) in [5, 5.41) is 0. The maximum Gasteiger partial charge on any atom is 0.446 e. The highest BCUT2D eigenvalue weighted by Crippen LogP contribution is 2.16. The van der Waals surface area contributed by atoms with Gasteiger partial charge in [-0.1, -0.05) is 0 Å². The fourth-order valence-electron chi connectivity index (χ4n) is 0.698. The molecule has 0 bridgehead atoms. The Balaban J connectivity index is 3.03. The molecule has 1 N–H and O–H groups in total. The van der Waals surface area contributed by atoms with Crippen molar-refractivity contribution in [3.8, 4) is 5.75 Å². The van der Waals surface area contributed by atoms with Crippen LogP contribution in [0.3, 0.4) is 0 Å². The van der Waals surface area contributed by atoms with Gasteiger partial charge in [-0.25, -0.2) is 8.78 Å². The summed E-state index contributed by atoms with van der Waals surface area (Å²) in [5.41, 5.74) is 0. The van der Waals surface area contributed by atoms with Gasteiger partial charge in [-0.3, -0.25) is 4.55 Å². The first kappa shape index (κ1) is 9.87. The normalized spacial score (nSPS) is 11.3. The molecule has 0 fully saturated rings. The molecule has 0 unspecified atom stereocenters. The zero-order chi connectivity index (χ0) is 10.1. The minimum Gasteiger partial charge on any atom is -0.362 e. The first-order chi connectivity index (χ1) is 5.87. The first-order valence-corrected chi connectivity index (χ1v) is 4.36. The predicted octanol–water partition coefficient (Wildman–Crippen LogP) is 1.15. The van der Waals surface area contributed by atoms with Gasteiger partial charge in [0, 0.05) is 18.2 Å². The van der Waals surface area contributed by atoms with Gasteiger partial charge in [0.15, 0.2) is 5.75 Å². The molecule has 0 aliphatic heterocycles. The van der Waals surface area contributed by atoms with Crippen molar-refractivity contribution >= 4 is 10.4 Å². The van der Waals surface area contributed by atoms with Crippen molar-refractivity contribution in [2.45, 2.75) is 0 Å². The average Bonchev–Trinajstić information content (AvgIpc) is 1.78. The highest BCUT2D eigenvalue weighted by molar-refractivity contribution is 7.81. The van der Waals surface area contributed by atoms with Crippen LogP contribution >= 0.6 is 0 Å². The molecule has 7 heteroatoms. The summed E-state index contributed by atoms with van der Waals surface area (Å²) in [6, 6.07) is 1.78. The Kier molecular flexibility index (Phi) is 2.48. The average molecular weight is 210 g/mol. The summed E-state index contributed by atoms with van der Waals surface area (Å²) in [4.78, 5) is 0. The van der Waals surface area contributed by atoms with E-state index in [4.69, 9.17) is 4.55 Å². The van der Waals surface area contributed by atoms with Crippen LogP contribution in [0.15, 0.2) is 18.2 Å².